The quantitative estimate of drug-likeness (QED) is 0.894. The predicted octanol–water partition coefficient (Wildman–Crippen LogP) is 2.76. The highest BCUT2D eigenvalue weighted by atomic mass is 32.1. The summed E-state index contributed by atoms with van der Waals surface area (Å²) < 4.78 is 4.07. The number of aryl methyl sites for hydroxylation is 1. The van der Waals surface area contributed by atoms with Crippen LogP contribution in [0.15, 0.2) is 29.6 Å². The second kappa shape index (κ2) is 5.29. The number of rotatable bonds is 3. The highest BCUT2D eigenvalue weighted by molar-refractivity contribution is 7.04. The molecule has 0 aliphatic rings. The lowest BCUT2D eigenvalue weighted by molar-refractivity contribution is 0.102. The molecule has 1 unspecified atom stereocenters. The Morgan fingerprint density at radius 2 is 2.17 bits per heavy atom. The topological polar surface area (TPSA) is 62.2 Å². The third kappa shape index (κ3) is 2.57. The normalized spacial score (nSPS) is 12.2. The Bertz CT molecular complexity index is 564. The van der Waals surface area contributed by atoms with Crippen LogP contribution in [0.5, 0.6) is 0 Å². The number of carbonyl (C=O) groups is 1. The van der Waals surface area contributed by atoms with Crippen molar-refractivity contribution in [3.63, 3.8) is 0 Å². The molecule has 0 saturated heterocycles. The first-order valence-electron chi connectivity index (χ1n) is 5.59. The Morgan fingerprint density at radius 3 is 2.78 bits per heavy atom. The zero-order chi connectivity index (χ0) is 13.1. The fraction of sp³-hybridized carbons (Fsp3) is 0.231. The molecule has 1 aromatic heterocycles. The first-order valence-corrected chi connectivity index (χ1v) is 6.42. The summed E-state index contributed by atoms with van der Waals surface area (Å²) in [7, 11) is 0. The summed E-state index contributed by atoms with van der Waals surface area (Å²) in [6, 6.07) is 7.21. The molecule has 94 valence electrons. The van der Waals surface area contributed by atoms with Gasteiger partial charge < -0.3 is 10.4 Å². The Hall–Kier alpha value is -1.72. The molecule has 1 atom stereocenters. The van der Waals surface area contributed by atoms with Crippen molar-refractivity contribution in [1.29, 1.82) is 0 Å². The van der Waals surface area contributed by atoms with Crippen LogP contribution in [0.4, 0.5) is 5.69 Å². The van der Waals surface area contributed by atoms with Gasteiger partial charge in [-0.25, -0.2) is 0 Å². The second-order valence-electron chi connectivity index (χ2n) is 4.03. The molecule has 2 N–H and O–H groups in total. The number of nitrogens with zero attached hydrogens (tertiary/aromatic N) is 1. The Balaban J connectivity index is 2.25. The van der Waals surface area contributed by atoms with E-state index < -0.39 is 6.10 Å². The molecule has 2 rings (SSSR count). The summed E-state index contributed by atoms with van der Waals surface area (Å²) in [5, 5.41) is 14.2. The monoisotopic (exact) mass is 262 g/mol. The molecular formula is C13H14N2O2S. The molecule has 0 spiro atoms. The first-order chi connectivity index (χ1) is 8.59. The molecule has 5 heteroatoms. The summed E-state index contributed by atoms with van der Waals surface area (Å²) in [5.74, 6) is -0.200. The van der Waals surface area contributed by atoms with Gasteiger partial charge in [-0.15, -0.1) is 0 Å². The SMILES string of the molecule is Cc1nscc1C(=O)Nc1ccccc1C(C)O. The molecule has 0 radical (unpaired) electrons. The zero-order valence-corrected chi connectivity index (χ0v) is 11.0. The van der Waals surface area contributed by atoms with Gasteiger partial charge in [-0.3, -0.25) is 4.79 Å². The number of anilines is 1. The molecular weight excluding hydrogens is 248 g/mol. The van der Waals surface area contributed by atoms with E-state index in [0.717, 1.165) is 0 Å². The summed E-state index contributed by atoms with van der Waals surface area (Å²) in [6.45, 7) is 3.47. The molecule has 2 aromatic rings. The number of hydrogen-bond acceptors (Lipinski definition) is 4. The van der Waals surface area contributed by atoms with Crippen LogP contribution in [0.25, 0.3) is 0 Å². The van der Waals surface area contributed by atoms with Gasteiger partial charge in [-0.2, -0.15) is 4.37 Å². The van der Waals surface area contributed by atoms with Gasteiger partial charge in [-0.05, 0) is 31.4 Å². The number of amides is 1. The number of aromatic nitrogens is 1. The Labute approximate surface area is 109 Å². The second-order valence-corrected chi connectivity index (χ2v) is 4.66. The van der Waals surface area contributed by atoms with Crippen molar-refractivity contribution in [2.75, 3.05) is 5.32 Å². The summed E-state index contributed by atoms with van der Waals surface area (Å²) in [4.78, 5) is 12.0. The van der Waals surface area contributed by atoms with Crippen LogP contribution in [0.2, 0.25) is 0 Å². The number of hydrogen-bond donors (Lipinski definition) is 2. The van der Waals surface area contributed by atoms with Crippen LogP contribution < -0.4 is 5.32 Å². The van der Waals surface area contributed by atoms with Crippen molar-refractivity contribution >= 4 is 23.1 Å². The van der Waals surface area contributed by atoms with Gasteiger partial charge in [0.2, 0.25) is 0 Å². The van der Waals surface area contributed by atoms with E-state index in [2.05, 4.69) is 9.69 Å². The fourth-order valence-corrected chi connectivity index (χ4v) is 2.37. The highest BCUT2D eigenvalue weighted by Crippen LogP contribution is 2.23. The van der Waals surface area contributed by atoms with Crippen LogP contribution in [0.3, 0.4) is 0 Å². The lowest BCUT2D eigenvalue weighted by atomic mass is 10.1. The third-order valence-corrected chi connectivity index (χ3v) is 3.37. The average molecular weight is 262 g/mol. The number of carbonyl (C=O) groups excluding carboxylic acids is 1. The maximum atomic E-state index is 12.0. The van der Waals surface area contributed by atoms with E-state index in [1.807, 2.05) is 12.1 Å². The first kappa shape index (κ1) is 12.7. The van der Waals surface area contributed by atoms with Gasteiger partial charge in [0, 0.05) is 16.6 Å². The summed E-state index contributed by atoms with van der Waals surface area (Å²) in [6.07, 6.45) is -0.622. The summed E-state index contributed by atoms with van der Waals surface area (Å²) >= 11 is 1.26. The molecule has 18 heavy (non-hydrogen) atoms. The van der Waals surface area contributed by atoms with Crippen molar-refractivity contribution in [2.45, 2.75) is 20.0 Å². The van der Waals surface area contributed by atoms with Gasteiger partial charge in [0.1, 0.15) is 0 Å². The minimum absolute atomic E-state index is 0.200. The Morgan fingerprint density at radius 1 is 1.44 bits per heavy atom. The third-order valence-electron chi connectivity index (χ3n) is 2.65. The van der Waals surface area contributed by atoms with Crippen molar-refractivity contribution in [3.05, 3.63) is 46.5 Å². The minimum Gasteiger partial charge on any atom is -0.389 e. The van der Waals surface area contributed by atoms with Gasteiger partial charge >= 0.3 is 0 Å². The number of para-hydroxylation sites is 1. The van der Waals surface area contributed by atoms with E-state index in [1.54, 1.807) is 31.4 Å². The van der Waals surface area contributed by atoms with Crippen LogP contribution >= 0.6 is 11.5 Å². The van der Waals surface area contributed by atoms with Crippen LogP contribution in [-0.2, 0) is 0 Å². The molecule has 1 heterocycles. The van der Waals surface area contributed by atoms with E-state index in [1.165, 1.54) is 11.5 Å². The predicted molar refractivity (Wildman–Crippen MR) is 71.9 cm³/mol. The van der Waals surface area contributed by atoms with Gasteiger partial charge in [0.25, 0.3) is 5.91 Å². The Kier molecular flexibility index (Phi) is 3.74. The van der Waals surface area contributed by atoms with E-state index in [9.17, 15) is 9.90 Å². The molecule has 1 aromatic carbocycles. The lowest BCUT2D eigenvalue weighted by Gasteiger charge is -2.12. The molecule has 0 saturated carbocycles. The van der Waals surface area contributed by atoms with Crippen molar-refractivity contribution < 1.29 is 9.90 Å². The smallest absolute Gasteiger partial charge is 0.258 e. The lowest BCUT2D eigenvalue weighted by Crippen LogP contribution is -2.14. The van der Waals surface area contributed by atoms with Gasteiger partial charge in [0.05, 0.1) is 17.4 Å². The van der Waals surface area contributed by atoms with Gasteiger partial charge in [0.15, 0.2) is 0 Å². The van der Waals surface area contributed by atoms with Gasteiger partial charge in [-0.1, -0.05) is 18.2 Å². The number of nitrogens with one attached hydrogen (secondary N) is 1. The van der Waals surface area contributed by atoms with Crippen molar-refractivity contribution in [2.24, 2.45) is 0 Å². The maximum absolute atomic E-state index is 12.0. The van der Waals surface area contributed by atoms with E-state index in [-0.39, 0.29) is 5.91 Å². The molecule has 1 amide bonds. The average Bonchev–Trinajstić information content (AvgIpc) is 2.76. The largest absolute Gasteiger partial charge is 0.389 e. The maximum Gasteiger partial charge on any atom is 0.258 e. The van der Waals surface area contributed by atoms with Crippen molar-refractivity contribution in [3.8, 4) is 0 Å². The van der Waals surface area contributed by atoms with E-state index in [0.29, 0.717) is 22.5 Å². The molecule has 0 aliphatic carbocycles. The summed E-state index contributed by atoms with van der Waals surface area (Å²) in [5.41, 5.74) is 2.61. The fourth-order valence-electron chi connectivity index (χ4n) is 1.68. The van der Waals surface area contributed by atoms with E-state index >= 15 is 0 Å². The molecule has 4 nitrogen and oxygen atoms in total. The number of aliphatic hydroxyl groups excluding tert-OH is 1. The van der Waals surface area contributed by atoms with Crippen molar-refractivity contribution in [1.82, 2.24) is 4.37 Å². The van der Waals surface area contributed by atoms with Crippen LogP contribution in [0, 0.1) is 6.92 Å². The zero-order valence-electron chi connectivity index (χ0n) is 10.2. The van der Waals surface area contributed by atoms with E-state index in [4.69, 9.17) is 0 Å². The minimum atomic E-state index is -0.622. The van der Waals surface area contributed by atoms with Crippen LogP contribution in [0.1, 0.15) is 34.6 Å². The molecule has 0 bridgehead atoms. The molecule has 0 aliphatic heterocycles. The highest BCUT2D eigenvalue weighted by Gasteiger charge is 2.14. The number of benzene rings is 1. The number of aliphatic hydroxyl groups is 1. The molecule has 0 fully saturated rings. The standard InChI is InChI=1S/C13H14N2O2S/c1-8-11(7-18-15-8)13(17)14-12-6-4-3-5-10(12)9(2)16/h3-7,9,16H,1-2H3,(H,14,17). The van der Waals surface area contributed by atoms with Crippen LogP contribution in [-0.4, -0.2) is 15.4 Å².